The molecule has 4 aromatic rings. The van der Waals surface area contributed by atoms with Crippen molar-refractivity contribution in [1.29, 1.82) is 0 Å². The van der Waals surface area contributed by atoms with Crippen LogP contribution in [0.1, 0.15) is 11.1 Å². The van der Waals surface area contributed by atoms with Crippen molar-refractivity contribution >= 4 is 68.8 Å². The quantitative estimate of drug-likeness (QED) is 0.290. The molecule has 1 saturated heterocycles. The number of benzene rings is 3. The number of nitrogens with zero attached hydrogens (tertiary/aromatic N) is 2. The Kier molecular flexibility index (Phi) is 5.55. The van der Waals surface area contributed by atoms with Crippen LogP contribution in [0.5, 0.6) is 0 Å². The first-order valence-electron chi connectivity index (χ1n) is 9.86. The third kappa shape index (κ3) is 3.84. The third-order valence-corrected chi connectivity index (χ3v) is 6.73. The van der Waals surface area contributed by atoms with Gasteiger partial charge in [0.05, 0.1) is 10.6 Å². The fourth-order valence-electron chi connectivity index (χ4n) is 3.76. The first kappa shape index (κ1) is 20.9. The lowest BCUT2D eigenvalue weighted by molar-refractivity contribution is -0.113. The van der Waals surface area contributed by atoms with E-state index in [1.54, 1.807) is 36.4 Å². The molecule has 0 radical (unpaired) electrons. The molecule has 0 N–H and O–H groups in total. The van der Waals surface area contributed by atoms with E-state index in [1.165, 1.54) is 4.90 Å². The van der Waals surface area contributed by atoms with E-state index >= 15 is 0 Å². The topological polar surface area (TPSA) is 42.3 Å². The number of rotatable bonds is 4. The van der Waals surface area contributed by atoms with E-state index in [2.05, 4.69) is 4.57 Å². The number of amides is 2. The van der Waals surface area contributed by atoms with E-state index in [0.717, 1.165) is 33.8 Å². The summed E-state index contributed by atoms with van der Waals surface area (Å²) in [6, 6.07) is 22.3. The molecule has 2 amide bonds. The largest absolute Gasteiger partial charge is 0.342 e. The van der Waals surface area contributed by atoms with Crippen LogP contribution >= 0.6 is 35.0 Å². The van der Waals surface area contributed by atoms with Gasteiger partial charge in [-0.3, -0.25) is 9.59 Å². The monoisotopic (exact) mass is 478 g/mol. The summed E-state index contributed by atoms with van der Waals surface area (Å²) < 4.78 is 2.08. The Morgan fingerprint density at radius 1 is 0.906 bits per heavy atom. The zero-order valence-electron chi connectivity index (χ0n) is 16.7. The second kappa shape index (κ2) is 8.51. The van der Waals surface area contributed by atoms with E-state index < -0.39 is 0 Å². The van der Waals surface area contributed by atoms with Crippen molar-refractivity contribution in [2.24, 2.45) is 0 Å². The van der Waals surface area contributed by atoms with Crippen molar-refractivity contribution in [2.45, 2.75) is 6.54 Å². The van der Waals surface area contributed by atoms with Gasteiger partial charge in [0.15, 0.2) is 0 Å². The highest BCUT2D eigenvalue weighted by atomic mass is 35.5. The predicted molar refractivity (Wildman–Crippen MR) is 132 cm³/mol. The molecule has 0 bridgehead atoms. The number of halogens is 2. The Morgan fingerprint density at radius 3 is 2.44 bits per heavy atom. The Hall–Kier alpha value is -2.99. The van der Waals surface area contributed by atoms with Crippen LogP contribution in [0.15, 0.2) is 83.9 Å². The zero-order chi connectivity index (χ0) is 22.2. The first-order valence-corrected chi connectivity index (χ1v) is 11.4. The zero-order valence-corrected chi connectivity index (χ0v) is 19.0. The van der Waals surface area contributed by atoms with Crippen LogP contribution in [0.2, 0.25) is 10.0 Å². The van der Waals surface area contributed by atoms with Crippen LogP contribution < -0.4 is 4.90 Å². The summed E-state index contributed by atoms with van der Waals surface area (Å²) >= 11 is 13.4. The summed E-state index contributed by atoms with van der Waals surface area (Å²) in [5.74, 6) is -0.316. The molecule has 7 heteroatoms. The summed E-state index contributed by atoms with van der Waals surface area (Å²) in [6.45, 7) is 0.551. The van der Waals surface area contributed by atoms with Gasteiger partial charge >= 0.3 is 0 Å². The summed E-state index contributed by atoms with van der Waals surface area (Å²) in [5, 5.41) is 1.87. The second-order valence-corrected chi connectivity index (χ2v) is 9.15. The minimum Gasteiger partial charge on any atom is -0.342 e. The first-order chi connectivity index (χ1) is 15.5. The number of carbonyl (C=O) groups is 2. The smallest absolute Gasteiger partial charge is 0.298 e. The molecule has 0 spiro atoms. The summed E-state index contributed by atoms with van der Waals surface area (Å²) in [5.41, 5.74) is 3.38. The van der Waals surface area contributed by atoms with Crippen LogP contribution in [0.4, 0.5) is 10.5 Å². The summed E-state index contributed by atoms with van der Waals surface area (Å²) in [4.78, 5) is 27.2. The van der Waals surface area contributed by atoms with E-state index in [-0.39, 0.29) is 11.1 Å². The number of carbonyl (C=O) groups excluding carboxylic acids is 2. The van der Waals surface area contributed by atoms with Gasteiger partial charge in [-0.15, -0.1) is 0 Å². The lowest BCUT2D eigenvalue weighted by Gasteiger charge is -2.11. The van der Waals surface area contributed by atoms with Crippen molar-refractivity contribution in [1.82, 2.24) is 4.57 Å². The Morgan fingerprint density at radius 2 is 1.66 bits per heavy atom. The maximum atomic E-state index is 13.0. The van der Waals surface area contributed by atoms with Crippen molar-refractivity contribution < 1.29 is 9.59 Å². The average molecular weight is 479 g/mol. The maximum absolute atomic E-state index is 13.0. The van der Waals surface area contributed by atoms with Crippen molar-refractivity contribution in [3.8, 4) is 0 Å². The molecule has 2 heterocycles. The van der Waals surface area contributed by atoms with Gasteiger partial charge in [-0.1, -0.05) is 65.7 Å². The highest BCUT2D eigenvalue weighted by Crippen LogP contribution is 2.37. The summed E-state index contributed by atoms with van der Waals surface area (Å²) in [7, 11) is 0. The predicted octanol–water partition coefficient (Wildman–Crippen LogP) is 7.24. The molecule has 0 aliphatic carbocycles. The normalized spacial score (nSPS) is 15.3. The van der Waals surface area contributed by atoms with E-state index in [4.69, 9.17) is 23.2 Å². The number of anilines is 1. The van der Waals surface area contributed by atoms with Crippen LogP contribution in [-0.4, -0.2) is 15.7 Å². The van der Waals surface area contributed by atoms with Gasteiger partial charge in [-0.25, -0.2) is 4.90 Å². The van der Waals surface area contributed by atoms with Crippen molar-refractivity contribution in [3.63, 3.8) is 0 Å². The number of thioether (sulfide) groups is 1. The lowest BCUT2D eigenvalue weighted by atomic mass is 10.1. The molecule has 0 atom stereocenters. The SMILES string of the molecule is O=C1S/C(=C\c2cn(Cc3ccc(Cl)cc3Cl)c3ccccc23)C(=O)N1c1ccccc1. The van der Waals surface area contributed by atoms with Crippen molar-refractivity contribution in [2.75, 3.05) is 4.90 Å². The van der Waals surface area contributed by atoms with Gasteiger partial charge in [-0.05, 0) is 53.7 Å². The second-order valence-electron chi connectivity index (χ2n) is 7.32. The van der Waals surface area contributed by atoms with Crippen LogP contribution in [0, 0.1) is 0 Å². The Balaban J connectivity index is 1.53. The molecule has 4 nitrogen and oxygen atoms in total. The number of aromatic nitrogens is 1. The number of hydrogen-bond donors (Lipinski definition) is 0. The van der Waals surface area contributed by atoms with Crippen LogP contribution in [0.3, 0.4) is 0 Å². The fraction of sp³-hybridized carbons (Fsp3) is 0.0400. The molecule has 0 saturated carbocycles. The van der Waals surface area contributed by atoms with Crippen LogP contribution in [-0.2, 0) is 11.3 Å². The number of para-hydroxylation sites is 2. The van der Waals surface area contributed by atoms with E-state index in [0.29, 0.717) is 27.2 Å². The Bertz CT molecular complexity index is 1400. The number of hydrogen-bond acceptors (Lipinski definition) is 3. The van der Waals surface area contributed by atoms with Gasteiger partial charge in [0.1, 0.15) is 0 Å². The fourth-order valence-corrected chi connectivity index (χ4v) is 5.06. The molecule has 5 rings (SSSR count). The van der Waals surface area contributed by atoms with E-state index in [9.17, 15) is 9.59 Å². The van der Waals surface area contributed by atoms with E-state index in [1.807, 2.05) is 48.7 Å². The average Bonchev–Trinajstić information content (AvgIpc) is 3.27. The standard InChI is InChI=1S/C25H16Cl2N2O2S/c26-18-11-10-16(21(27)13-18)14-28-15-17(20-8-4-5-9-22(20)28)12-23-24(30)29(25(31)32-23)19-6-2-1-3-7-19/h1-13,15H,14H2/b23-12-. The number of fused-ring (bicyclic) bond motifs is 1. The van der Waals surface area contributed by atoms with Gasteiger partial charge in [-0.2, -0.15) is 0 Å². The molecule has 32 heavy (non-hydrogen) atoms. The molecule has 3 aromatic carbocycles. The van der Waals surface area contributed by atoms with Crippen molar-refractivity contribution in [3.05, 3.63) is 105 Å². The highest BCUT2D eigenvalue weighted by Gasteiger charge is 2.36. The Labute approximate surface area is 199 Å². The molecular formula is C25H16Cl2N2O2S. The molecular weight excluding hydrogens is 463 g/mol. The van der Waals surface area contributed by atoms with Gasteiger partial charge in [0, 0.05) is 39.3 Å². The minimum absolute atomic E-state index is 0.302. The number of imide groups is 1. The van der Waals surface area contributed by atoms with Crippen LogP contribution in [0.25, 0.3) is 17.0 Å². The van der Waals surface area contributed by atoms with Gasteiger partial charge < -0.3 is 4.57 Å². The third-order valence-electron chi connectivity index (χ3n) is 5.27. The molecule has 1 aromatic heterocycles. The highest BCUT2D eigenvalue weighted by molar-refractivity contribution is 8.19. The molecule has 1 aliphatic rings. The maximum Gasteiger partial charge on any atom is 0.298 e. The molecule has 1 aliphatic heterocycles. The van der Waals surface area contributed by atoms with Gasteiger partial charge in [0.2, 0.25) is 0 Å². The molecule has 158 valence electrons. The minimum atomic E-state index is -0.316. The molecule has 0 unspecified atom stereocenters. The van der Waals surface area contributed by atoms with Gasteiger partial charge in [0.25, 0.3) is 11.1 Å². The lowest BCUT2D eigenvalue weighted by Crippen LogP contribution is -2.27. The summed E-state index contributed by atoms with van der Waals surface area (Å²) in [6.07, 6.45) is 3.77. The molecule has 1 fully saturated rings.